The van der Waals surface area contributed by atoms with E-state index in [1.54, 1.807) is 0 Å². The minimum atomic E-state index is 0.0115. The highest BCUT2D eigenvalue weighted by atomic mass is 15.1. The van der Waals surface area contributed by atoms with Crippen molar-refractivity contribution < 1.29 is 0 Å². The van der Waals surface area contributed by atoms with E-state index in [0.717, 1.165) is 29.8 Å². The third kappa shape index (κ3) is 1.83. The van der Waals surface area contributed by atoms with Crippen LogP contribution in [0.5, 0.6) is 0 Å². The number of hydrogen-bond donors (Lipinski definition) is 2. The molecule has 1 saturated heterocycles. The maximum absolute atomic E-state index is 4.83. The van der Waals surface area contributed by atoms with E-state index in [4.69, 9.17) is 4.98 Å². The average molecular weight is 243 g/mol. The molecule has 2 N–H and O–H groups in total. The topological polar surface area (TPSA) is 40.7 Å². The van der Waals surface area contributed by atoms with Crippen LogP contribution < -0.4 is 5.32 Å². The van der Waals surface area contributed by atoms with Crippen LogP contribution in [0.3, 0.4) is 0 Å². The summed E-state index contributed by atoms with van der Waals surface area (Å²) in [5.41, 5.74) is 4.83. The summed E-state index contributed by atoms with van der Waals surface area (Å²) in [6.45, 7) is 7.61. The van der Waals surface area contributed by atoms with E-state index in [-0.39, 0.29) is 5.54 Å². The normalized spacial score (nSPS) is 24.6. The number of aromatic amines is 1. The fraction of sp³-hybridized carbons (Fsp3) is 0.533. The van der Waals surface area contributed by atoms with Gasteiger partial charge in [0.15, 0.2) is 0 Å². The zero-order valence-corrected chi connectivity index (χ0v) is 11.4. The number of imidazole rings is 1. The number of fused-ring (bicyclic) bond motifs is 1. The molecule has 3 heteroatoms. The number of aromatic nitrogens is 2. The van der Waals surface area contributed by atoms with Crippen LogP contribution in [0, 0.1) is 13.8 Å². The highest BCUT2D eigenvalue weighted by molar-refractivity contribution is 5.79. The zero-order chi connectivity index (χ0) is 12.8. The van der Waals surface area contributed by atoms with Crippen LogP contribution in [-0.4, -0.2) is 16.5 Å². The Hall–Kier alpha value is -1.35. The summed E-state index contributed by atoms with van der Waals surface area (Å²) < 4.78 is 0. The molecule has 1 aliphatic rings. The molecule has 18 heavy (non-hydrogen) atoms. The molecule has 0 radical (unpaired) electrons. The molecule has 2 heterocycles. The van der Waals surface area contributed by atoms with Gasteiger partial charge in [0.05, 0.1) is 16.6 Å². The number of benzene rings is 1. The van der Waals surface area contributed by atoms with Crippen LogP contribution in [-0.2, 0) is 5.54 Å². The van der Waals surface area contributed by atoms with Crippen molar-refractivity contribution in [1.82, 2.24) is 15.3 Å². The first-order valence-corrected chi connectivity index (χ1v) is 6.81. The summed E-state index contributed by atoms with van der Waals surface area (Å²) in [5.74, 6) is 1.09. The number of hydrogen-bond acceptors (Lipinski definition) is 2. The highest BCUT2D eigenvalue weighted by Crippen LogP contribution is 2.30. The molecule has 0 saturated carbocycles. The minimum absolute atomic E-state index is 0.0115. The fourth-order valence-corrected chi connectivity index (χ4v) is 2.99. The first kappa shape index (κ1) is 11.7. The van der Waals surface area contributed by atoms with Crippen molar-refractivity contribution >= 4 is 11.0 Å². The van der Waals surface area contributed by atoms with Gasteiger partial charge in [-0.1, -0.05) is 6.07 Å². The molecule has 0 aliphatic carbocycles. The fourth-order valence-electron chi connectivity index (χ4n) is 2.99. The molecule has 0 bridgehead atoms. The Morgan fingerprint density at radius 3 is 2.78 bits per heavy atom. The average Bonchev–Trinajstić information content (AvgIpc) is 2.74. The molecule has 1 atom stereocenters. The third-order valence-electron chi connectivity index (χ3n) is 4.06. The van der Waals surface area contributed by atoms with Crippen molar-refractivity contribution in [2.75, 3.05) is 6.54 Å². The van der Waals surface area contributed by atoms with Crippen molar-refractivity contribution in [2.24, 2.45) is 0 Å². The first-order chi connectivity index (χ1) is 8.58. The molecule has 2 aromatic rings. The quantitative estimate of drug-likeness (QED) is 0.807. The van der Waals surface area contributed by atoms with Gasteiger partial charge in [-0.15, -0.1) is 0 Å². The van der Waals surface area contributed by atoms with Crippen molar-refractivity contribution in [2.45, 2.75) is 45.6 Å². The number of nitrogens with zero attached hydrogens (tertiary/aromatic N) is 1. The van der Waals surface area contributed by atoms with E-state index in [9.17, 15) is 0 Å². The van der Waals surface area contributed by atoms with Crippen molar-refractivity contribution in [3.63, 3.8) is 0 Å². The van der Waals surface area contributed by atoms with Gasteiger partial charge in [0.25, 0.3) is 0 Å². The minimum Gasteiger partial charge on any atom is -0.340 e. The van der Waals surface area contributed by atoms with Gasteiger partial charge in [0.1, 0.15) is 5.82 Å². The molecule has 0 amide bonds. The maximum atomic E-state index is 4.83. The Morgan fingerprint density at radius 2 is 2.06 bits per heavy atom. The summed E-state index contributed by atoms with van der Waals surface area (Å²) in [5, 5.41) is 3.61. The van der Waals surface area contributed by atoms with Crippen LogP contribution in [0.2, 0.25) is 0 Å². The van der Waals surface area contributed by atoms with Gasteiger partial charge < -0.3 is 10.3 Å². The van der Waals surface area contributed by atoms with Gasteiger partial charge in [0.2, 0.25) is 0 Å². The maximum Gasteiger partial charge on any atom is 0.127 e. The standard InChI is InChI=1S/C15H21N3/c1-10-8-11(2)13-12(9-10)17-14(18-13)15(3)6-4-5-7-16-15/h8-9,16H,4-7H2,1-3H3,(H,17,18). The third-order valence-corrected chi connectivity index (χ3v) is 4.06. The van der Waals surface area contributed by atoms with Crippen LogP contribution >= 0.6 is 0 Å². The Kier molecular flexibility index (Phi) is 2.67. The van der Waals surface area contributed by atoms with Gasteiger partial charge in [-0.25, -0.2) is 4.98 Å². The van der Waals surface area contributed by atoms with E-state index in [2.05, 4.69) is 43.2 Å². The first-order valence-electron chi connectivity index (χ1n) is 6.81. The molecule has 1 aliphatic heterocycles. The van der Waals surface area contributed by atoms with Gasteiger partial charge in [0, 0.05) is 0 Å². The summed E-state index contributed by atoms with van der Waals surface area (Å²) in [6, 6.07) is 4.38. The van der Waals surface area contributed by atoms with Crippen LogP contribution in [0.1, 0.15) is 43.1 Å². The van der Waals surface area contributed by atoms with Crippen molar-refractivity contribution in [1.29, 1.82) is 0 Å². The number of H-pyrrole nitrogens is 1. The lowest BCUT2D eigenvalue weighted by Crippen LogP contribution is -2.44. The molecule has 1 aromatic heterocycles. The summed E-state index contributed by atoms with van der Waals surface area (Å²) in [4.78, 5) is 8.34. The lowest BCUT2D eigenvalue weighted by atomic mass is 9.90. The largest absolute Gasteiger partial charge is 0.340 e. The molecule has 0 spiro atoms. The molecule has 3 rings (SSSR count). The Labute approximate surface area is 108 Å². The number of nitrogens with one attached hydrogen (secondary N) is 2. The lowest BCUT2D eigenvalue weighted by molar-refractivity contribution is 0.271. The van der Waals surface area contributed by atoms with E-state index in [1.807, 2.05) is 0 Å². The summed E-state index contributed by atoms with van der Waals surface area (Å²) in [7, 11) is 0. The molecule has 1 unspecified atom stereocenters. The van der Waals surface area contributed by atoms with Crippen LogP contribution in [0.4, 0.5) is 0 Å². The SMILES string of the molecule is Cc1cc(C)c2nc(C3(C)CCCCN3)[nH]c2c1. The van der Waals surface area contributed by atoms with Gasteiger partial charge in [-0.05, 0) is 63.8 Å². The van der Waals surface area contributed by atoms with Crippen molar-refractivity contribution in [3.8, 4) is 0 Å². The molecule has 96 valence electrons. The van der Waals surface area contributed by atoms with Crippen molar-refractivity contribution in [3.05, 3.63) is 29.1 Å². The van der Waals surface area contributed by atoms with E-state index < -0.39 is 0 Å². The molecular formula is C15H21N3. The van der Waals surface area contributed by atoms with Crippen LogP contribution in [0.25, 0.3) is 11.0 Å². The Bertz CT molecular complexity index is 577. The number of piperidine rings is 1. The summed E-state index contributed by atoms with van der Waals surface area (Å²) in [6.07, 6.45) is 3.71. The van der Waals surface area contributed by atoms with Gasteiger partial charge in [-0.2, -0.15) is 0 Å². The second-order valence-corrected chi connectivity index (χ2v) is 5.78. The van der Waals surface area contributed by atoms with Crippen LogP contribution in [0.15, 0.2) is 12.1 Å². The molecular weight excluding hydrogens is 222 g/mol. The second kappa shape index (κ2) is 4.09. The number of aryl methyl sites for hydroxylation is 2. The Morgan fingerprint density at radius 1 is 1.22 bits per heavy atom. The van der Waals surface area contributed by atoms with Gasteiger partial charge in [-0.3, -0.25) is 0 Å². The molecule has 1 aromatic carbocycles. The lowest BCUT2D eigenvalue weighted by Gasteiger charge is -2.33. The number of rotatable bonds is 1. The predicted octanol–water partition coefficient (Wildman–Crippen LogP) is 3.17. The zero-order valence-electron chi connectivity index (χ0n) is 11.4. The van der Waals surface area contributed by atoms with Gasteiger partial charge >= 0.3 is 0 Å². The monoisotopic (exact) mass is 243 g/mol. The van der Waals surface area contributed by atoms with E-state index in [1.165, 1.54) is 24.0 Å². The van der Waals surface area contributed by atoms with E-state index in [0.29, 0.717) is 0 Å². The second-order valence-electron chi connectivity index (χ2n) is 5.78. The molecule has 3 nitrogen and oxygen atoms in total. The predicted molar refractivity (Wildman–Crippen MR) is 74.8 cm³/mol. The smallest absolute Gasteiger partial charge is 0.127 e. The summed E-state index contributed by atoms with van der Waals surface area (Å²) >= 11 is 0. The van der Waals surface area contributed by atoms with E-state index >= 15 is 0 Å². The molecule has 1 fully saturated rings. The highest BCUT2D eigenvalue weighted by Gasteiger charge is 2.31. The Balaban J connectivity index is 2.10.